The lowest BCUT2D eigenvalue weighted by molar-refractivity contribution is 0.528. The predicted molar refractivity (Wildman–Crippen MR) is 86.0 cm³/mol. The van der Waals surface area contributed by atoms with Gasteiger partial charge in [-0.05, 0) is 43.7 Å². The van der Waals surface area contributed by atoms with Crippen molar-refractivity contribution in [1.29, 1.82) is 0 Å². The second kappa shape index (κ2) is 7.07. The number of anilines is 1. The molecule has 2 rings (SSSR count). The van der Waals surface area contributed by atoms with Crippen LogP contribution in [0.15, 0.2) is 18.3 Å². The first-order valence-electron chi connectivity index (χ1n) is 8.04. The first-order chi connectivity index (χ1) is 9.58. The van der Waals surface area contributed by atoms with Gasteiger partial charge in [0.1, 0.15) is 5.82 Å². The van der Waals surface area contributed by atoms with Crippen molar-refractivity contribution in [2.45, 2.75) is 65.0 Å². The molecule has 0 bridgehead atoms. The molecule has 1 fully saturated rings. The average Bonchev–Trinajstić information content (AvgIpc) is 2.89. The van der Waals surface area contributed by atoms with Gasteiger partial charge < -0.3 is 10.6 Å². The molecule has 2 N–H and O–H groups in total. The Morgan fingerprint density at radius 3 is 2.60 bits per heavy atom. The maximum atomic E-state index is 6.00. The van der Waals surface area contributed by atoms with Crippen LogP contribution in [-0.2, 0) is 6.42 Å². The van der Waals surface area contributed by atoms with E-state index in [2.05, 4.69) is 31.7 Å². The molecule has 1 unspecified atom stereocenters. The molecule has 1 atom stereocenters. The minimum atomic E-state index is 0.183. The SMILES string of the molecule is CC(C)CN(c1ncccc1CC(C)N)C1CCCC1. The molecule has 0 aromatic carbocycles. The number of hydrogen-bond acceptors (Lipinski definition) is 3. The van der Waals surface area contributed by atoms with Crippen LogP contribution >= 0.6 is 0 Å². The summed E-state index contributed by atoms with van der Waals surface area (Å²) in [5.41, 5.74) is 7.30. The van der Waals surface area contributed by atoms with Crippen molar-refractivity contribution < 1.29 is 0 Å². The Balaban J connectivity index is 2.27. The maximum Gasteiger partial charge on any atom is 0.132 e. The normalized spacial score (nSPS) is 17.6. The number of pyridine rings is 1. The number of hydrogen-bond donors (Lipinski definition) is 1. The summed E-state index contributed by atoms with van der Waals surface area (Å²) >= 11 is 0. The van der Waals surface area contributed by atoms with E-state index in [4.69, 9.17) is 10.7 Å². The average molecular weight is 275 g/mol. The topological polar surface area (TPSA) is 42.2 Å². The fraction of sp³-hybridized carbons (Fsp3) is 0.706. The van der Waals surface area contributed by atoms with Crippen molar-refractivity contribution in [2.75, 3.05) is 11.4 Å². The first-order valence-corrected chi connectivity index (χ1v) is 8.04. The number of rotatable bonds is 6. The van der Waals surface area contributed by atoms with Gasteiger partial charge in [0, 0.05) is 24.8 Å². The monoisotopic (exact) mass is 275 g/mol. The van der Waals surface area contributed by atoms with E-state index in [9.17, 15) is 0 Å². The first kappa shape index (κ1) is 15.3. The van der Waals surface area contributed by atoms with Crippen molar-refractivity contribution >= 4 is 5.82 Å². The lowest BCUT2D eigenvalue weighted by Gasteiger charge is -2.33. The quantitative estimate of drug-likeness (QED) is 0.865. The van der Waals surface area contributed by atoms with Crippen molar-refractivity contribution in [2.24, 2.45) is 11.7 Å². The molecule has 1 aliphatic carbocycles. The molecule has 1 aromatic rings. The highest BCUT2D eigenvalue weighted by Gasteiger charge is 2.25. The minimum absolute atomic E-state index is 0.183. The Kier molecular flexibility index (Phi) is 5.41. The van der Waals surface area contributed by atoms with Gasteiger partial charge in [-0.2, -0.15) is 0 Å². The molecule has 1 saturated carbocycles. The second-order valence-electron chi connectivity index (χ2n) is 6.65. The number of nitrogens with two attached hydrogens (primary N) is 1. The summed E-state index contributed by atoms with van der Waals surface area (Å²) in [5.74, 6) is 1.83. The Hall–Kier alpha value is -1.09. The van der Waals surface area contributed by atoms with Crippen LogP contribution in [0.1, 0.15) is 52.0 Å². The van der Waals surface area contributed by atoms with Crippen LogP contribution in [0.25, 0.3) is 0 Å². The van der Waals surface area contributed by atoms with E-state index in [1.54, 1.807) is 0 Å². The molecule has 1 aliphatic rings. The molecule has 0 radical (unpaired) electrons. The lowest BCUT2D eigenvalue weighted by atomic mass is 10.1. The fourth-order valence-electron chi connectivity index (χ4n) is 3.21. The lowest BCUT2D eigenvalue weighted by Crippen LogP contribution is -2.38. The van der Waals surface area contributed by atoms with Gasteiger partial charge in [-0.25, -0.2) is 4.98 Å². The van der Waals surface area contributed by atoms with Crippen LogP contribution in [0.3, 0.4) is 0 Å². The second-order valence-corrected chi connectivity index (χ2v) is 6.65. The molecular formula is C17H29N3. The summed E-state index contributed by atoms with van der Waals surface area (Å²) in [7, 11) is 0. The van der Waals surface area contributed by atoms with Crippen molar-refractivity contribution in [3.05, 3.63) is 23.9 Å². The zero-order chi connectivity index (χ0) is 14.5. The molecule has 1 heterocycles. The molecule has 0 spiro atoms. The summed E-state index contributed by atoms with van der Waals surface area (Å²) in [6.07, 6.45) is 8.15. The molecular weight excluding hydrogens is 246 g/mol. The van der Waals surface area contributed by atoms with Gasteiger partial charge in [0.15, 0.2) is 0 Å². The third-order valence-corrected chi connectivity index (χ3v) is 4.01. The van der Waals surface area contributed by atoms with E-state index in [0.29, 0.717) is 12.0 Å². The van der Waals surface area contributed by atoms with Crippen LogP contribution in [0.2, 0.25) is 0 Å². The summed E-state index contributed by atoms with van der Waals surface area (Å²) in [6, 6.07) is 5.07. The van der Waals surface area contributed by atoms with Crippen molar-refractivity contribution in [3.63, 3.8) is 0 Å². The summed E-state index contributed by atoms with van der Waals surface area (Å²) < 4.78 is 0. The standard InChI is InChI=1S/C17H29N3/c1-13(2)12-20(16-8-4-5-9-16)17-15(11-14(3)18)7-6-10-19-17/h6-7,10,13-14,16H,4-5,8-9,11-12,18H2,1-3H3. The third kappa shape index (κ3) is 3.95. The molecule has 20 heavy (non-hydrogen) atoms. The van der Waals surface area contributed by atoms with E-state index in [1.165, 1.54) is 37.1 Å². The molecule has 1 aromatic heterocycles. The van der Waals surface area contributed by atoms with Crippen LogP contribution in [-0.4, -0.2) is 23.6 Å². The highest BCUT2D eigenvalue weighted by molar-refractivity contribution is 5.48. The Morgan fingerprint density at radius 2 is 2.00 bits per heavy atom. The van der Waals surface area contributed by atoms with E-state index in [1.807, 2.05) is 12.3 Å². The van der Waals surface area contributed by atoms with Gasteiger partial charge in [-0.15, -0.1) is 0 Å². The highest BCUT2D eigenvalue weighted by Crippen LogP contribution is 2.30. The van der Waals surface area contributed by atoms with Crippen LogP contribution < -0.4 is 10.6 Å². The molecule has 3 heteroatoms. The van der Waals surface area contributed by atoms with Gasteiger partial charge >= 0.3 is 0 Å². The van der Waals surface area contributed by atoms with Crippen molar-refractivity contribution in [1.82, 2.24) is 4.98 Å². The fourth-order valence-corrected chi connectivity index (χ4v) is 3.21. The van der Waals surface area contributed by atoms with E-state index >= 15 is 0 Å². The predicted octanol–water partition coefficient (Wildman–Crippen LogP) is 3.38. The smallest absolute Gasteiger partial charge is 0.132 e. The van der Waals surface area contributed by atoms with Crippen LogP contribution in [0.5, 0.6) is 0 Å². The molecule has 112 valence electrons. The van der Waals surface area contributed by atoms with Gasteiger partial charge in [-0.1, -0.05) is 32.8 Å². The summed E-state index contributed by atoms with van der Waals surface area (Å²) in [4.78, 5) is 7.25. The van der Waals surface area contributed by atoms with Gasteiger partial charge in [0.05, 0.1) is 0 Å². The van der Waals surface area contributed by atoms with Crippen molar-refractivity contribution in [3.8, 4) is 0 Å². The molecule has 0 saturated heterocycles. The Bertz CT molecular complexity index is 408. The Morgan fingerprint density at radius 1 is 1.30 bits per heavy atom. The molecule has 0 aliphatic heterocycles. The van der Waals surface area contributed by atoms with Gasteiger partial charge in [0.25, 0.3) is 0 Å². The Labute approximate surface area is 123 Å². The largest absolute Gasteiger partial charge is 0.353 e. The van der Waals surface area contributed by atoms with E-state index in [-0.39, 0.29) is 6.04 Å². The molecule has 0 amide bonds. The minimum Gasteiger partial charge on any atom is -0.353 e. The van der Waals surface area contributed by atoms with Crippen LogP contribution in [0, 0.1) is 5.92 Å². The third-order valence-electron chi connectivity index (χ3n) is 4.01. The number of nitrogens with zero attached hydrogens (tertiary/aromatic N) is 2. The van der Waals surface area contributed by atoms with Gasteiger partial charge in [-0.3, -0.25) is 0 Å². The molecule has 3 nitrogen and oxygen atoms in total. The summed E-state index contributed by atoms with van der Waals surface area (Å²) in [5, 5.41) is 0. The number of aromatic nitrogens is 1. The van der Waals surface area contributed by atoms with E-state index < -0.39 is 0 Å². The maximum absolute atomic E-state index is 6.00. The van der Waals surface area contributed by atoms with E-state index in [0.717, 1.165) is 13.0 Å². The highest BCUT2D eigenvalue weighted by atomic mass is 15.2. The zero-order valence-electron chi connectivity index (χ0n) is 13.2. The zero-order valence-corrected chi connectivity index (χ0v) is 13.2. The summed E-state index contributed by atoms with van der Waals surface area (Å²) in [6.45, 7) is 7.74. The van der Waals surface area contributed by atoms with Gasteiger partial charge in [0.2, 0.25) is 0 Å². The van der Waals surface area contributed by atoms with Crippen LogP contribution in [0.4, 0.5) is 5.82 Å².